The number of amides is 2. The van der Waals surface area contributed by atoms with Crippen molar-refractivity contribution in [1.29, 1.82) is 0 Å². The Hall–Kier alpha value is -2.82. The lowest BCUT2D eigenvalue weighted by molar-refractivity contribution is -0.141. The summed E-state index contributed by atoms with van der Waals surface area (Å²) in [7, 11) is 1.62. The molecule has 1 atom stereocenters. The number of nitrogens with one attached hydrogen (secondary N) is 1. The van der Waals surface area contributed by atoms with Crippen molar-refractivity contribution in [2.45, 2.75) is 52.6 Å². The first kappa shape index (κ1) is 22.5. The molecule has 5 nitrogen and oxygen atoms in total. The largest absolute Gasteiger partial charge is 0.497 e. The SMILES string of the molecule is CCNC(=O)[C@H](CC)N(Cc1cccc(OC)c1)C(=O)CCc1ccc(C)cc1. The number of carbonyl (C=O) groups excluding carboxylic acids is 2. The van der Waals surface area contributed by atoms with Crippen LogP contribution in [0.1, 0.15) is 43.4 Å². The average molecular weight is 397 g/mol. The van der Waals surface area contributed by atoms with E-state index in [0.29, 0.717) is 32.4 Å². The Morgan fingerprint density at radius 3 is 2.41 bits per heavy atom. The Morgan fingerprint density at radius 2 is 1.79 bits per heavy atom. The molecule has 0 radical (unpaired) electrons. The number of rotatable bonds is 10. The Bertz CT molecular complexity index is 802. The molecule has 1 N–H and O–H groups in total. The van der Waals surface area contributed by atoms with E-state index >= 15 is 0 Å². The fraction of sp³-hybridized carbons (Fsp3) is 0.417. The van der Waals surface area contributed by atoms with E-state index in [1.165, 1.54) is 5.56 Å². The van der Waals surface area contributed by atoms with Crippen molar-refractivity contribution >= 4 is 11.8 Å². The van der Waals surface area contributed by atoms with Crippen LogP contribution in [0.3, 0.4) is 0 Å². The molecule has 0 fully saturated rings. The maximum absolute atomic E-state index is 13.2. The minimum absolute atomic E-state index is 0.0218. The molecule has 2 rings (SSSR count). The monoisotopic (exact) mass is 396 g/mol. The molecule has 29 heavy (non-hydrogen) atoms. The van der Waals surface area contributed by atoms with Gasteiger partial charge in [0.2, 0.25) is 11.8 Å². The molecule has 5 heteroatoms. The lowest BCUT2D eigenvalue weighted by atomic mass is 10.0. The van der Waals surface area contributed by atoms with Gasteiger partial charge in [0.25, 0.3) is 0 Å². The second-order valence-electron chi connectivity index (χ2n) is 7.18. The highest BCUT2D eigenvalue weighted by Crippen LogP contribution is 2.18. The normalized spacial score (nSPS) is 11.6. The zero-order valence-corrected chi connectivity index (χ0v) is 17.9. The van der Waals surface area contributed by atoms with Gasteiger partial charge >= 0.3 is 0 Å². The molecule has 0 saturated carbocycles. The van der Waals surface area contributed by atoms with Gasteiger partial charge in [0.1, 0.15) is 11.8 Å². The highest BCUT2D eigenvalue weighted by atomic mass is 16.5. The molecule has 2 amide bonds. The minimum atomic E-state index is -0.494. The summed E-state index contributed by atoms with van der Waals surface area (Å²) < 4.78 is 5.30. The Kier molecular flexibility index (Phi) is 8.71. The fourth-order valence-corrected chi connectivity index (χ4v) is 3.33. The summed E-state index contributed by atoms with van der Waals surface area (Å²) >= 11 is 0. The molecule has 0 aromatic heterocycles. The van der Waals surface area contributed by atoms with Gasteiger partial charge in [-0.25, -0.2) is 0 Å². The summed E-state index contributed by atoms with van der Waals surface area (Å²) in [6, 6.07) is 15.3. The molecule has 2 aromatic carbocycles. The number of carbonyl (C=O) groups is 2. The maximum Gasteiger partial charge on any atom is 0.242 e. The molecule has 0 aliphatic heterocycles. The number of benzene rings is 2. The molecule has 0 saturated heterocycles. The van der Waals surface area contributed by atoms with E-state index in [9.17, 15) is 9.59 Å². The van der Waals surface area contributed by atoms with Crippen molar-refractivity contribution in [3.05, 3.63) is 65.2 Å². The smallest absolute Gasteiger partial charge is 0.242 e. The van der Waals surface area contributed by atoms with Crippen molar-refractivity contribution in [1.82, 2.24) is 10.2 Å². The van der Waals surface area contributed by atoms with E-state index in [2.05, 4.69) is 29.6 Å². The van der Waals surface area contributed by atoms with Crippen LogP contribution in [0, 0.1) is 6.92 Å². The number of hydrogen-bond donors (Lipinski definition) is 1. The van der Waals surface area contributed by atoms with Gasteiger partial charge in [0.15, 0.2) is 0 Å². The Labute approximate surface area is 174 Å². The van der Waals surface area contributed by atoms with Crippen LogP contribution in [-0.2, 0) is 22.6 Å². The molecule has 0 bridgehead atoms. The van der Waals surface area contributed by atoms with E-state index in [4.69, 9.17) is 4.74 Å². The molecule has 0 unspecified atom stereocenters. The van der Waals surface area contributed by atoms with Crippen LogP contribution in [-0.4, -0.2) is 36.4 Å². The lowest BCUT2D eigenvalue weighted by Crippen LogP contribution is -2.49. The van der Waals surface area contributed by atoms with Crippen LogP contribution in [0.25, 0.3) is 0 Å². The van der Waals surface area contributed by atoms with Gasteiger partial charge in [-0.1, -0.05) is 48.9 Å². The maximum atomic E-state index is 13.2. The highest BCUT2D eigenvalue weighted by molar-refractivity contribution is 5.87. The van der Waals surface area contributed by atoms with Gasteiger partial charge in [-0.05, 0) is 49.9 Å². The van der Waals surface area contributed by atoms with Gasteiger partial charge in [0, 0.05) is 19.5 Å². The third-order valence-corrected chi connectivity index (χ3v) is 4.97. The van der Waals surface area contributed by atoms with Crippen LogP contribution in [0.4, 0.5) is 0 Å². The highest BCUT2D eigenvalue weighted by Gasteiger charge is 2.28. The predicted octanol–water partition coefficient (Wildman–Crippen LogP) is 3.88. The number of hydrogen-bond acceptors (Lipinski definition) is 3. The first-order valence-electron chi connectivity index (χ1n) is 10.2. The van der Waals surface area contributed by atoms with Crippen LogP contribution >= 0.6 is 0 Å². The third-order valence-electron chi connectivity index (χ3n) is 4.97. The Morgan fingerprint density at radius 1 is 1.07 bits per heavy atom. The van der Waals surface area contributed by atoms with Gasteiger partial charge in [-0.15, -0.1) is 0 Å². The molecule has 2 aromatic rings. The lowest BCUT2D eigenvalue weighted by Gasteiger charge is -2.30. The summed E-state index contributed by atoms with van der Waals surface area (Å²) in [5.41, 5.74) is 3.26. The van der Waals surface area contributed by atoms with Crippen molar-refractivity contribution in [2.24, 2.45) is 0 Å². The first-order chi connectivity index (χ1) is 14.0. The van der Waals surface area contributed by atoms with E-state index in [1.54, 1.807) is 12.0 Å². The summed E-state index contributed by atoms with van der Waals surface area (Å²) in [4.78, 5) is 27.5. The van der Waals surface area contributed by atoms with E-state index in [0.717, 1.165) is 16.9 Å². The zero-order chi connectivity index (χ0) is 21.2. The standard InChI is InChI=1S/C24H32N2O3/c1-5-22(24(28)25-6-2)26(17-20-8-7-9-21(16-20)29-4)23(27)15-14-19-12-10-18(3)11-13-19/h7-13,16,22H,5-6,14-15,17H2,1-4H3,(H,25,28)/t22-/m0/s1. The van der Waals surface area contributed by atoms with E-state index < -0.39 is 6.04 Å². The predicted molar refractivity (Wildman–Crippen MR) is 116 cm³/mol. The number of likely N-dealkylation sites (N-methyl/N-ethyl adjacent to an activating group) is 1. The molecule has 0 aliphatic carbocycles. The average Bonchev–Trinajstić information content (AvgIpc) is 2.73. The van der Waals surface area contributed by atoms with Gasteiger partial charge in [0.05, 0.1) is 7.11 Å². The number of ether oxygens (including phenoxy) is 1. The minimum Gasteiger partial charge on any atom is -0.497 e. The van der Waals surface area contributed by atoms with Gasteiger partial charge in [-0.2, -0.15) is 0 Å². The van der Waals surface area contributed by atoms with E-state index in [-0.39, 0.29) is 11.8 Å². The zero-order valence-electron chi connectivity index (χ0n) is 17.9. The van der Waals surface area contributed by atoms with Crippen molar-refractivity contribution in [2.75, 3.05) is 13.7 Å². The molecule has 0 aliphatic rings. The number of nitrogens with zero attached hydrogens (tertiary/aromatic N) is 1. The molecule has 0 spiro atoms. The summed E-state index contributed by atoms with van der Waals surface area (Å²) in [6.45, 7) is 6.78. The Balaban J connectivity index is 2.20. The number of methoxy groups -OCH3 is 1. The first-order valence-corrected chi connectivity index (χ1v) is 10.2. The van der Waals surface area contributed by atoms with Gasteiger partial charge < -0.3 is 15.0 Å². The van der Waals surface area contributed by atoms with E-state index in [1.807, 2.05) is 45.0 Å². The third kappa shape index (κ3) is 6.63. The second-order valence-corrected chi connectivity index (χ2v) is 7.18. The quantitative estimate of drug-likeness (QED) is 0.663. The van der Waals surface area contributed by atoms with Crippen LogP contribution in [0.5, 0.6) is 5.75 Å². The summed E-state index contributed by atoms with van der Waals surface area (Å²) in [6.07, 6.45) is 1.58. The summed E-state index contributed by atoms with van der Waals surface area (Å²) in [5, 5.41) is 2.86. The van der Waals surface area contributed by atoms with Crippen molar-refractivity contribution < 1.29 is 14.3 Å². The van der Waals surface area contributed by atoms with Gasteiger partial charge in [-0.3, -0.25) is 9.59 Å². The number of aryl methyl sites for hydroxylation is 2. The van der Waals surface area contributed by atoms with Crippen LogP contribution < -0.4 is 10.1 Å². The summed E-state index contributed by atoms with van der Waals surface area (Å²) in [5.74, 6) is 0.605. The second kappa shape index (κ2) is 11.2. The fourth-order valence-electron chi connectivity index (χ4n) is 3.33. The molecular formula is C24H32N2O3. The molecule has 0 heterocycles. The van der Waals surface area contributed by atoms with Crippen molar-refractivity contribution in [3.8, 4) is 5.75 Å². The topological polar surface area (TPSA) is 58.6 Å². The van der Waals surface area contributed by atoms with Crippen molar-refractivity contribution in [3.63, 3.8) is 0 Å². The van der Waals surface area contributed by atoms with Crippen LogP contribution in [0.15, 0.2) is 48.5 Å². The molecular weight excluding hydrogens is 364 g/mol. The van der Waals surface area contributed by atoms with Crippen LogP contribution in [0.2, 0.25) is 0 Å². The molecule has 156 valence electrons.